The number of halogens is 4. The van der Waals surface area contributed by atoms with Gasteiger partial charge >= 0.3 is 12.3 Å². The highest BCUT2D eigenvalue weighted by molar-refractivity contribution is 6.05. The summed E-state index contributed by atoms with van der Waals surface area (Å²) in [6, 6.07) is 3.18. The summed E-state index contributed by atoms with van der Waals surface area (Å²) < 4.78 is 59.6. The van der Waals surface area contributed by atoms with Crippen molar-refractivity contribution >= 4 is 23.6 Å². The zero-order valence-corrected chi connectivity index (χ0v) is 14.5. The van der Waals surface area contributed by atoms with Crippen LogP contribution in [-0.4, -0.2) is 53.9 Å². The van der Waals surface area contributed by atoms with E-state index in [-0.39, 0.29) is 17.4 Å². The fourth-order valence-corrected chi connectivity index (χ4v) is 3.34. The second-order valence-corrected chi connectivity index (χ2v) is 6.18. The summed E-state index contributed by atoms with van der Waals surface area (Å²) in [5, 5.41) is 10.7. The molecule has 0 aromatic heterocycles. The lowest BCUT2D eigenvalue weighted by Gasteiger charge is -2.39. The van der Waals surface area contributed by atoms with E-state index in [1.807, 2.05) is 5.32 Å². The predicted octanol–water partition coefficient (Wildman–Crippen LogP) is 1.44. The molecule has 154 valence electrons. The van der Waals surface area contributed by atoms with E-state index < -0.39 is 54.1 Å². The molecule has 9 nitrogen and oxygen atoms in total. The highest BCUT2D eigenvalue weighted by Gasteiger charge is 2.66. The van der Waals surface area contributed by atoms with Gasteiger partial charge in [0.15, 0.2) is 6.10 Å². The van der Waals surface area contributed by atoms with Crippen LogP contribution < -0.4 is 17.2 Å². The number of aliphatic imine (C=N–C) groups is 1. The third kappa shape index (κ3) is 3.22. The Kier molecular flexibility index (Phi) is 5.27. The van der Waals surface area contributed by atoms with E-state index in [1.54, 1.807) is 0 Å². The molecule has 13 heteroatoms. The Balaban J connectivity index is 0.00000280. The van der Waals surface area contributed by atoms with Crippen molar-refractivity contribution in [3.8, 4) is 0 Å². The minimum atomic E-state index is -4.92. The maximum absolute atomic E-state index is 14.5. The predicted molar refractivity (Wildman–Crippen MR) is 88.2 cm³/mol. The van der Waals surface area contributed by atoms with Crippen LogP contribution in [0.15, 0.2) is 23.2 Å². The number of guanidine groups is 1. The minimum absolute atomic E-state index is 0. The van der Waals surface area contributed by atoms with Crippen LogP contribution in [0.1, 0.15) is 5.56 Å². The first-order valence-electron chi connectivity index (χ1n) is 7.58. The van der Waals surface area contributed by atoms with E-state index in [0.717, 1.165) is 19.2 Å². The molecule has 0 radical (unpaired) electrons. The molecule has 2 aliphatic heterocycles. The van der Waals surface area contributed by atoms with Crippen LogP contribution in [0.5, 0.6) is 0 Å². The lowest BCUT2D eigenvalue weighted by Crippen LogP contribution is -2.59. The van der Waals surface area contributed by atoms with Gasteiger partial charge in [0.2, 0.25) is 11.9 Å². The lowest BCUT2D eigenvalue weighted by atomic mass is 9.76. The summed E-state index contributed by atoms with van der Waals surface area (Å²) >= 11 is 0. The molecule has 0 unspecified atom stereocenters. The fourth-order valence-electron chi connectivity index (χ4n) is 3.34. The Labute approximate surface area is 155 Å². The van der Waals surface area contributed by atoms with Crippen LogP contribution in [0.3, 0.4) is 0 Å². The molecule has 7 N–H and O–H groups in total. The van der Waals surface area contributed by atoms with Gasteiger partial charge in [-0.2, -0.15) is 13.2 Å². The number of nitrogens with one attached hydrogen (secondary N) is 1. The highest BCUT2D eigenvalue weighted by atomic mass is 19.4. The number of alkyl halides is 3. The van der Waals surface area contributed by atoms with Gasteiger partial charge in [-0.05, 0) is 18.2 Å². The number of hydrogen-bond acceptors (Lipinski definition) is 6. The number of rotatable bonds is 1. The summed E-state index contributed by atoms with van der Waals surface area (Å²) in [4.78, 5) is 28.3. The van der Waals surface area contributed by atoms with E-state index in [9.17, 15) is 27.2 Å². The summed E-state index contributed by atoms with van der Waals surface area (Å²) in [6.45, 7) is -0.785. The topological polar surface area (TPSA) is 152 Å². The standard InChI is InChI=1S/C15H14F4N4O4.H3N/c1-23-11(24)9-10(15(17,18)19)27-5-14(9,22-12(23)21-13(25)26)7-4-6(20)2-3-8(7)16;/h2-4,9-10H,5,20H2,1H3,(H,21,22)(H,25,26);1H3/t9-,10-,14+;/m0./s1. The van der Waals surface area contributed by atoms with Crippen molar-refractivity contribution in [1.82, 2.24) is 16.4 Å². The van der Waals surface area contributed by atoms with Gasteiger partial charge in [0.05, 0.1) is 6.61 Å². The van der Waals surface area contributed by atoms with E-state index in [4.69, 9.17) is 15.6 Å². The molecule has 0 bridgehead atoms. The third-order valence-electron chi connectivity index (χ3n) is 4.52. The van der Waals surface area contributed by atoms with Gasteiger partial charge in [0.1, 0.15) is 17.3 Å². The minimum Gasteiger partial charge on any atom is -0.465 e. The Bertz CT molecular complexity index is 846. The first kappa shape index (κ1) is 21.4. The molecule has 0 aliphatic carbocycles. The van der Waals surface area contributed by atoms with Crippen LogP contribution in [0, 0.1) is 11.7 Å². The molecule has 3 rings (SSSR count). The maximum atomic E-state index is 14.5. The van der Waals surface area contributed by atoms with Gasteiger partial charge < -0.3 is 21.7 Å². The van der Waals surface area contributed by atoms with E-state index in [0.29, 0.717) is 4.90 Å². The van der Waals surface area contributed by atoms with Gasteiger partial charge in [0.25, 0.3) is 0 Å². The molecular weight excluding hydrogens is 390 g/mol. The summed E-state index contributed by atoms with van der Waals surface area (Å²) in [5.41, 5.74) is 3.15. The quantitative estimate of drug-likeness (QED) is 0.408. The molecule has 1 saturated heterocycles. The molecule has 1 fully saturated rings. The highest BCUT2D eigenvalue weighted by Crippen LogP contribution is 2.50. The zero-order chi connectivity index (χ0) is 20.1. The van der Waals surface area contributed by atoms with E-state index in [2.05, 4.69) is 4.99 Å². The van der Waals surface area contributed by atoms with Gasteiger partial charge in [-0.3, -0.25) is 15.0 Å². The van der Waals surface area contributed by atoms with Crippen LogP contribution in [0.4, 0.5) is 28.0 Å². The number of carbonyl (C=O) groups is 2. The summed E-state index contributed by atoms with van der Waals surface area (Å²) in [5.74, 6) is -4.55. The summed E-state index contributed by atoms with van der Waals surface area (Å²) in [6.07, 6.45) is -9.06. The zero-order valence-electron chi connectivity index (χ0n) is 14.5. The van der Waals surface area contributed by atoms with Gasteiger partial charge in [-0.15, -0.1) is 0 Å². The number of nitrogen functional groups attached to an aromatic ring is 1. The number of ether oxygens (including phenoxy) is 1. The second-order valence-electron chi connectivity index (χ2n) is 6.18. The molecule has 1 aromatic carbocycles. The molecule has 2 aliphatic rings. The molecule has 0 saturated carbocycles. The van der Waals surface area contributed by atoms with Crippen LogP contribution >= 0.6 is 0 Å². The molecule has 2 amide bonds. The summed E-state index contributed by atoms with van der Waals surface area (Å²) in [7, 11) is 1.06. The van der Waals surface area contributed by atoms with E-state index >= 15 is 0 Å². The normalized spacial score (nSPS) is 27.0. The van der Waals surface area contributed by atoms with Crippen molar-refractivity contribution in [2.45, 2.75) is 17.8 Å². The Morgan fingerprint density at radius 3 is 2.68 bits per heavy atom. The fraction of sp³-hybridized carbons (Fsp3) is 0.400. The monoisotopic (exact) mass is 407 g/mol. The van der Waals surface area contributed by atoms with Gasteiger partial charge in [-0.25, -0.2) is 14.2 Å². The van der Waals surface area contributed by atoms with E-state index in [1.165, 1.54) is 6.07 Å². The van der Waals surface area contributed by atoms with Crippen LogP contribution in [0.2, 0.25) is 0 Å². The van der Waals surface area contributed by atoms with Gasteiger partial charge in [-0.1, -0.05) is 0 Å². The Morgan fingerprint density at radius 1 is 1.46 bits per heavy atom. The number of hydrogen-bond donors (Lipinski definition) is 4. The SMILES string of the molecule is CN1C(=O)[C@@H]2[C@@H](C(F)(F)F)OC[C@]2(c2cc(N)ccc2F)N=C1NC(=O)O.N. The van der Waals surface area contributed by atoms with Crippen LogP contribution in [-0.2, 0) is 15.1 Å². The van der Waals surface area contributed by atoms with Crippen molar-refractivity contribution in [1.29, 1.82) is 0 Å². The maximum Gasteiger partial charge on any atom is 0.415 e. The first-order chi connectivity index (χ1) is 12.5. The third-order valence-corrected chi connectivity index (χ3v) is 4.52. The van der Waals surface area contributed by atoms with Crippen molar-refractivity contribution in [3.63, 3.8) is 0 Å². The van der Waals surface area contributed by atoms with Gasteiger partial charge in [0, 0.05) is 18.3 Å². The number of amides is 2. The molecule has 3 atom stereocenters. The molecule has 1 aromatic rings. The van der Waals surface area contributed by atoms with Crippen molar-refractivity contribution in [3.05, 3.63) is 29.6 Å². The Morgan fingerprint density at radius 2 is 2.11 bits per heavy atom. The number of anilines is 1. The number of benzene rings is 1. The largest absolute Gasteiger partial charge is 0.465 e. The molecule has 28 heavy (non-hydrogen) atoms. The molecule has 0 spiro atoms. The smallest absolute Gasteiger partial charge is 0.415 e. The van der Waals surface area contributed by atoms with Crippen molar-refractivity contribution in [2.75, 3.05) is 19.4 Å². The number of carboxylic acid groups (broad SMARTS) is 1. The number of nitrogens with two attached hydrogens (primary N) is 1. The number of nitrogens with zero attached hydrogens (tertiary/aromatic N) is 2. The first-order valence-corrected chi connectivity index (χ1v) is 7.58. The number of carbonyl (C=O) groups excluding carboxylic acids is 1. The Hall–Kier alpha value is -2.93. The number of fused-ring (bicyclic) bond motifs is 1. The molecular formula is C15H17F4N5O4. The van der Waals surface area contributed by atoms with Crippen LogP contribution in [0.25, 0.3) is 0 Å². The molecule has 2 heterocycles. The average Bonchev–Trinajstić information content (AvgIpc) is 2.95. The lowest BCUT2D eigenvalue weighted by molar-refractivity contribution is -0.218. The van der Waals surface area contributed by atoms with Crippen molar-refractivity contribution in [2.24, 2.45) is 10.9 Å². The van der Waals surface area contributed by atoms with Crippen molar-refractivity contribution < 1.29 is 37.0 Å². The average molecular weight is 407 g/mol. The second kappa shape index (κ2) is 6.91.